The summed E-state index contributed by atoms with van der Waals surface area (Å²) in [6.45, 7) is 2.33. The minimum absolute atomic E-state index is 0.0440. The van der Waals surface area contributed by atoms with Crippen molar-refractivity contribution >= 4 is 17.7 Å². The predicted molar refractivity (Wildman–Crippen MR) is 82.1 cm³/mol. The van der Waals surface area contributed by atoms with Crippen molar-refractivity contribution in [2.75, 3.05) is 19.5 Å². The van der Waals surface area contributed by atoms with Crippen LogP contribution >= 0.6 is 11.8 Å². The molecule has 2 rings (SSSR count). The number of rotatable bonds is 7. The number of benzene rings is 1. The molecule has 0 saturated heterocycles. The Morgan fingerprint density at radius 1 is 1.45 bits per heavy atom. The minimum atomic E-state index is -0.306. The van der Waals surface area contributed by atoms with Crippen molar-refractivity contribution in [2.45, 2.75) is 18.2 Å². The zero-order valence-corrected chi connectivity index (χ0v) is 13.2. The maximum absolute atomic E-state index is 12.9. The molecule has 0 aliphatic carbocycles. The van der Waals surface area contributed by atoms with E-state index < -0.39 is 0 Å². The van der Waals surface area contributed by atoms with E-state index in [-0.39, 0.29) is 23.5 Å². The maximum Gasteiger partial charge on any atom is 0.256 e. The van der Waals surface area contributed by atoms with Gasteiger partial charge in [0.15, 0.2) is 5.76 Å². The minimum Gasteiger partial charge on any atom is -0.431 e. The molecule has 2 aromatic rings. The van der Waals surface area contributed by atoms with Crippen LogP contribution in [0.25, 0.3) is 11.3 Å². The second-order valence-corrected chi connectivity index (χ2v) is 5.64. The fourth-order valence-corrected chi connectivity index (χ4v) is 2.42. The number of nitrogens with one attached hydrogen (secondary N) is 1. The van der Waals surface area contributed by atoms with Crippen LogP contribution in [-0.4, -0.2) is 36.4 Å². The molecule has 0 saturated carbocycles. The maximum atomic E-state index is 12.9. The van der Waals surface area contributed by atoms with Crippen LogP contribution in [0.1, 0.15) is 6.92 Å². The van der Waals surface area contributed by atoms with Gasteiger partial charge in [0.2, 0.25) is 5.91 Å². The van der Waals surface area contributed by atoms with Crippen LogP contribution in [0.4, 0.5) is 4.39 Å². The number of aromatic nitrogens is 1. The zero-order chi connectivity index (χ0) is 15.9. The number of hydrogen-bond acceptors (Lipinski definition) is 5. The number of carbonyl (C=O) groups is 1. The summed E-state index contributed by atoms with van der Waals surface area (Å²) in [5.41, 5.74) is 0.735. The summed E-state index contributed by atoms with van der Waals surface area (Å²) in [6, 6.07) is 5.90. The van der Waals surface area contributed by atoms with Gasteiger partial charge in [0, 0.05) is 18.7 Å². The second-order valence-electron chi connectivity index (χ2n) is 4.71. The Bertz CT molecular complexity index is 616. The number of amides is 1. The third kappa shape index (κ3) is 4.85. The van der Waals surface area contributed by atoms with Gasteiger partial charge >= 0.3 is 0 Å². The summed E-state index contributed by atoms with van der Waals surface area (Å²) in [5, 5.41) is 3.20. The van der Waals surface area contributed by atoms with Crippen molar-refractivity contribution in [2.24, 2.45) is 0 Å². The summed E-state index contributed by atoms with van der Waals surface area (Å²) in [6.07, 6.45) is 1.56. The number of oxazole rings is 1. The highest BCUT2D eigenvalue weighted by molar-refractivity contribution is 7.99. The topological polar surface area (TPSA) is 64.4 Å². The van der Waals surface area contributed by atoms with Gasteiger partial charge in [0.1, 0.15) is 5.82 Å². The lowest BCUT2D eigenvalue weighted by atomic mass is 10.2. The summed E-state index contributed by atoms with van der Waals surface area (Å²) in [5.74, 6) is 0.323. The molecule has 118 valence electrons. The summed E-state index contributed by atoms with van der Waals surface area (Å²) in [4.78, 5) is 15.8. The van der Waals surface area contributed by atoms with Crippen LogP contribution < -0.4 is 5.32 Å². The monoisotopic (exact) mass is 324 g/mol. The number of carbonyl (C=O) groups excluding carboxylic acids is 1. The van der Waals surface area contributed by atoms with Gasteiger partial charge in [-0.3, -0.25) is 4.79 Å². The lowest BCUT2D eigenvalue weighted by Crippen LogP contribution is -2.36. The van der Waals surface area contributed by atoms with Crippen molar-refractivity contribution in [1.82, 2.24) is 10.3 Å². The lowest BCUT2D eigenvalue weighted by Gasteiger charge is -2.11. The summed E-state index contributed by atoms with van der Waals surface area (Å²) < 4.78 is 23.4. The SMILES string of the molecule is COCC(C)NC(=O)CSc1ncc(-c2ccc(F)cc2)o1. The van der Waals surface area contributed by atoms with Crippen LogP contribution in [0.15, 0.2) is 40.1 Å². The first kappa shape index (κ1) is 16.5. The van der Waals surface area contributed by atoms with E-state index >= 15 is 0 Å². The zero-order valence-electron chi connectivity index (χ0n) is 12.3. The van der Waals surface area contributed by atoms with Gasteiger partial charge in [0.05, 0.1) is 18.6 Å². The molecule has 22 heavy (non-hydrogen) atoms. The van der Waals surface area contributed by atoms with Crippen LogP contribution in [0.5, 0.6) is 0 Å². The molecule has 5 nitrogen and oxygen atoms in total. The van der Waals surface area contributed by atoms with Gasteiger partial charge in [-0.2, -0.15) is 0 Å². The first-order valence-corrected chi connectivity index (χ1v) is 7.70. The molecule has 1 heterocycles. The third-order valence-corrected chi connectivity index (χ3v) is 3.61. The van der Waals surface area contributed by atoms with E-state index in [2.05, 4.69) is 10.3 Å². The number of halogens is 1. The summed E-state index contributed by atoms with van der Waals surface area (Å²) >= 11 is 1.20. The average Bonchev–Trinajstić information content (AvgIpc) is 2.95. The van der Waals surface area contributed by atoms with Crippen LogP contribution in [0.2, 0.25) is 0 Å². The van der Waals surface area contributed by atoms with Crippen LogP contribution in [-0.2, 0) is 9.53 Å². The highest BCUT2D eigenvalue weighted by atomic mass is 32.2. The summed E-state index contributed by atoms with van der Waals surface area (Å²) in [7, 11) is 1.58. The van der Waals surface area contributed by atoms with Crippen molar-refractivity contribution in [3.05, 3.63) is 36.3 Å². The smallest absolute Gasteiger partial charge is 0.256 e. The van der Waals surface area contributed by atoms with E-state index in [1.165, 1.54) is 23.9 Å². The van der Waals surface area contributed by atoms with E-state index in [1.54, 1.807) is 25.4 Å². The first-order valence-electron chi connectivity index (χ1n) is 6.71. The van der Waals surface area contributed by atoms with Crippen molar-refractivity contribution in [3.63, 3.8) is 0 Å². The Hall–Kier alpha value is -1.86. The van der Waals surface area contributed by atoms with Crippen LogP contribution in [0, 0.1) is 5.82 Å². The molecule has 1 aromatic carbocycles. The Morgan fingerprint density at radius 3 is 2.86 bits per heavy atom. The normalized spacial score (nSPS) is 12.1. The number of ether oxygens (including phenoxy) is 1. The molecule has 1 amide bonds. The van der Waals surface area contributed by atoms with Gasteiger partial charge in [0.25, 0.3) is 5.22 Å². The Morgan fingerprint density at radius 2 is 2.18 bits per heavy atom. The average molecular weight is 324 g/mol. The van der Waals surface area contributed by atoms with E-state index in [0.29, 0.717) is 17.6 Å². The molecular formula is C15H17FN2O3S. The fraction of sp³-hybridized carbons (Fsp3) is 0.333. The number of methoxy groups -OCH3 is 1. The Balaban J connectivity index is 1.87. The molecule has 0 fully saturated rings. The highest BCUT2D eigenvalue weighted by Crippen LogP contribution is 2.25. The highest BCUT2D eigenvalue weighted by Gasteiger charge is 2.11. The lowest BCUT2D eigenvalue weighted by molar-refractivity contribution is -0.119. The van der Waals surface area contributed by atoms with E-state index in [1.807, 2.05) is 6.92 Å². The largest absolute Gasteiger partial charge is 0.431 e. The molecule has 1 aromatic heterocycles. The van der Waals surface area contributed by atoms with E-state index in [0.717, 1.165) is 5.56 Å². The standard InChI is InChI=1S/C15H17FN2O3S/c1-10(8-20-2)18-14(19)9-22-15-17-7-13(21-15)11-3-5-12(16)6-4-11/h3-7,10H,8-9H2,1-2H3,(H,18,19). The van der Waals surface area contributed by atoms with E-state index in [4.69, 9.17) is 9.15 Å². The predicted octanol–water partition coefficient (Wildman–Crippen LogP) is 2.72. The number of hydrogen-bond donors (Lipinski definition) is 1. The first-order chi connectivity index (χ1) is 10.6. The molecule has 0 bridgehead atoms. The fourth-order valence-electron chi connectivity index (χ4n) is 1.81. The van der Waals surface area contributed by atoms with Crippen molar-refractivity contribution < 1.29 is 18.3 Å². The van der Waals surface area contributed by atoms with Crippen LogP contribution in [0.3, 0.4) is 0 Å². The molecular weight excluding hydrogens is 307 g/mol. The Kier molecular flexibility index (Phi) is 5.97. The van der Waals surface area contributed by atoms with Gasteiger partial charge < -0.3 is 14.5 Å². The molecule has 0 aliphatic heterocycles. The molecule has 0 radical (unpaired) electrons. The van der Waals surface area contributed by atoms with Crippen molar-refractivity contribution in [1.29, 1.82) is 0 Å². The number of nitrogens with zero attached hydrogens (tertiary/aromatic N) is 1. The third-order valence-electron chi connectivity index (χ3n) is 2.76. The van der Waals surface area contributed by atoms with Gasteiger partial charge in [-0.1, -0.05) is 11.8 Å². The number of thioether (sulfide) groups is 1. The molecule has 1 unspecified atom stereocenters. The quantitative estimate of drug-likeness (QED) is 0.793. The molecule has 0 spiro atoms. The molecule has 1 N–H and O–H groups in total. The molecule has 1 atom stereocenters. The van der Waals surface area contributed by atoms with Gasteiger partial charge in [-0.25, -0.2) is 9.37 Å². The van der Waals surface area contributed by atoms with Gasteiger partial charge in [-0.05, 0) is 31.2 Å². The molecule has 7 heteroatoms. The van der Waals surface area contributed by atoms with Gasteiger partial charge in [-0.15, -0.1) is 0 Å². The second kappa shape index (κ2) is 7.95. The Labute approximate surface area is 132 Å². The molecule has 0 aliphatic rings. The van der Waals surface area contributed by atoms with E-state index in [9.17, 15) is 9.18 Å². The van der Waals surface area contributed by atoms with Crippen molar-refractivity contribution in [3.8, 4) is 11.3 Å².